The third-order valence-corrected chi connectivity index (χ3v) is 3.75. The monoisotopic (exact) mass is 278 g/mol. The number of rotatable bonds is 6. The van der Waals surface area contributed by atoms with Gasteiger partial charge in [-0.2, -0.15) is 0 Å². The zero-order valence-corrected chi connectivity index (χ0v) is 10.9. The summed E-state index contributed by atoms with van der Waals surface area (Å²) in [6.45, 7) is 1.81. The molecule has 1 rings (SSSR count). The van der Waals surface area contributed by atoms with Crippen molar-refractivity contribution >= 4 is 15.7 Å². The molecule has 0 unspecified atom stereocenters. The van der Waals surface area contributed by atoms with Gasteiger partial charge in [0.25, 0.3) is 0 Å². The van der Waals surface area contributed by atoms with Crippen LogP contribution in [0.4, 0.5) is 14.5 Å². The lowest BCUT2D eigenvalue weighted by atomic mass is 10.2. The Bertz CT molecular complexity index is 518. The van der Waals surface area contributed by atoms with Crippen LogP contribution >= 0.6 is 0 Å². The van der Waals surface area contributed by atoms with Crippen LogP contribution in [0.25, 0.3) is 0 Å². The van der Waals surface area contributed by atoms with Gasteiger partial charge in [0, 0.05) is 0 Å². The van der Waals surface area contributed by atoms with Crippen LogP contribution in [-0.2, 0) is 10.0 Å². The summed E-state index contributed by atoms with van der Waals surface area (Å²) in [5.74, 6) is -2.03. The lowest BCUT2D eigenvalue weighted by Crippen LogP contribution is -2.19. The summed E-state index contributed by atoms with van der Waals surface area (Å²) in [5, 5.41) is 0. The second-order valence-corrected chi connectivity index (χ2v) is 5.81. The van der Waals surface area contributed by atoms with Crippen LogP contribution in [0.5, 0.6) is 0 Å². The number of benzene rings is 1. The lowest BCUT2D eigenvalue weighted by Gasteiger charge is -2.10. The first kappa shape index (κ1) is 14.8. The van der Waals surface area contributed by atoms with E-state index in [9.17, 15) is 17.2 Å². The van der Waals surface area contributed by atoms with Crippen molar-refractivity contribution < 1.29 is 17.2 Å². The van der Waals surface area contributed by atoms with Crippen LogP contribution < -0.4 is 10.5 Å². The van der Waals surface area contributed by atoms with Gasteiger partial charge in [-0.25, -0.2) is 17.2 Å². The van der Waals surface area contributed by atoms with E-state index >= 15 is 0 Å². The van der Waals surface area contributed by atoms with Gasteiger partial charge in [0.05, 0.1) is 5.75 Å². The normalized spacial score (nSPS) is 11.6. The van der Waals surface area contributed by atoms with Crippen molar-refractivity contribution in [2.75, 3.05) is 17.0 Å². The van der Waals surface area contributed by atoms with Crippen molar-refractivity contribution in [3.8, 4) is 0 Å². The van der Waals surface area contributed by atoms with Gasteiger partial charge in [0.15, 0.2) is 5.82 Å². The average Bonchev–Trinajstić information content (AvgIpc) is 2.30. The highest BCUT2D eigenvalue weighted by atomic mass is 32.2. The van der Waals surface area contributed by atoms with Crippen molar-refractivity contribution in [3.05, 3.63) is 29.3 Å². The van der Waals surface area contributed by atoms with Crippen molar-refractivity contribution in [2.24, 2.45) is 5.73 Å². The minimum absolute atomic E-state index is 0.177. The maximum Gasteiger partial charge on any atom is 0.232 e. The molecular weight excluding hydrogens is 262 g/mol. The van der Waals surface area contributed by atoms with Gasteiger partial charge in [-0.15, -0.1) is 0 Å². The molecule has 1 aromatic carbocycles. The molecule has 0 spiro atoms. The third kappa shape index (κ3) is 3.92. The number of unbranched alkanes of at least 4 members (excludes halogenated alkanes) is 1. The van der Waals surface area contributed by atoms with Crippen LogP contribution in [-0.4, -0.2) is 20.7 Å². The molecule has 0 amide bonds. The second kappa shape index (κ2) is 6.10. The van der Waals surface area contributed by atoms with Crippen molar-refractivity contribution in [3.63, 3.8) is 0 Å². The predicted octanol–water partition coefficient (Wildman–Crippen LogP) is 1.75. The largest absolute Gasteiger partial charge is 0.330 e. The first-order valence-electron chi connectivity index (χ1n) is 5.52. The SMILES string of the molecule is Cc1ccc(F)c(NS(=O)(=O)CCCCN)c1F. The number of aryl methyl sites for hydroxylation is 1. The molecule has 7 heteroatoms. The maximum absolute atomic E-state index is 13.6. The topological polar surface area (TPSA) is 72.2 Å². The van der Waals surface area contributed by atoms with Crippen molar-refractivity contribution in [1.29, 1.82) is 0 Å². The predicted molar refractivity (Wildman–Crippen MR) is 66.8 cm³/mol. The highest BCUT2D eigenvalue weighted by molar-refractivity contribution is 7.92. The molecule has 3 N–H and O–H groups in total. The Kier molecular flexibility index (Phi) is 5.03. The molecule has 4 nitrogen and oxygen atoms in total. The lowest BCUT2D eigenvalue weighted by molar-refractivity contribution is 0.577. The molecule has 18 heavy (non-hydrogen) atoms. The van der Waals surface area contributed by atoms with E-state index in [4.69, 9.17) is 5.73 Å². The maximum atomic E-state index is 13.6. The molecule has 0 saturated carbocycles. The minimum Gasteiger partial charge on any atom is -0.330 e. The van der Waals surface area contributed by atoms with Gasteiger partial charge in [-0.3, -0.25) is 4.72 Å². The Balaban J connectivity index is 2.87. The quantitative estimate of drug-likeness (QED) is 0.779. The summed E-state index contributed by atoms with van der Waals surface area (Å²) < 4.78 is 52.1. The van der Waals surface area contributed by atoms with Crippen LogP contribution in [0.15, 0.2) is 12.1 Å². The summed E-state index contributed by atoms with van der Waals surface area (Å²) >= 11 is 0. The Labute approximate surface area is 105 Å². The van der Waals surface area contributed by atoms with E-state index in [2.05, 4.69) is 0 Å². The summed E-state index contributed by atoms with van der Waals surface area (Å²) in [4.78, 5) is 0. The summed E-state index contributed by atoms with van der Waals surface area (Å²) in [5.41, 5.74) is 4.80. The highest BCUT2D eigenvalue weighted by Crippen LogP contribution is 2.22. The average molecular weight is 278 g/mol. The van der Waals surface area contributed by atoms with Gasteiger partial charge >= 0.3 is 0 Å². The molecule has 0 aromatic heterocycles. The van der Waals surface area contributed by atoms with Crippen LogP contribution in [0.3, 0.4) is 0 Å². The molecule has 0 aliphatic heterocycles. The fourth-order valence-corrected chi connectivity index (χ4v) is 2.58. The van der Waals surface area contributed by atoms with E-state index in [1.54, 1.807) is 0 Å². The fourth-order valence-electron chi connectivity index (χ4n) is 1.39. The van der Waals surface area contributed by atoms with E-state index in [1.165, 1.54) is 13.0 Å². The summed E-state index contributed by atoms with van der Waals surface area (Å²) in [7, 11) is -3.75. The number of hydrogen-bond acceptors (Lipinski definition) is 3. The molecule has 102 valence electrons. The molecule has 0 heterocycles. The first-order chi connectivity index (χ1) is 8.37. The van der Waals surface area contributed by atoms with Gasteiger partial charge in [0.2, 0.25) is 10.0 Å². The van der Waals surface area contributed by atoms with Crippen LogP contribution in [0.2, 0.25) is 0 Å². The number of nitrogens with one attached hydrogen (secondary N) is 1. The van der Waals surface area contributed by atoms with Gasteiger partial charge in [-0.05, 0) is 37.9 Å². The second-order valence-electron chi connectivity index (χ2n) is 3.97. The standard InChI is InChI=1S/C11H16F2N2O2S/c1-8-4-5-9(12)11(10(8)13)15-18(16,17)7-3-2-6-14/h4-5,15H,2-3,6-7,14H2,1H3. The van der Waals surface area contributed by atoms with E-state index in [0.717, 1.165) is 6.07 Å². The van der Waals surface area contributed by atoms with E-state index in [-0.39, 0.29) is 11.3 Å². The Morgan fingerprint density at radius 1 is 1.28 bits per heavy atom. The zero-order valence-electron chi connectivity index (χ0n) is 10.0. The highest BCUT2D eigenvalue weighted by Gasteiger charge is 2.17. The number of nitrogens with two attached hydrogens (primary N) is 1. The Hall–Kier alpha value is -1.21. The van der Waals surface area contributed by atoms with Crippen molar-refractivity contribution in [2.45, 2.75) is 19.8 Å². The van der Waals surface area contributed by atoms with Gasteiger partial charge in [-0.1, -0.05) is 6.07 Å². The molecule has 0 radical (unpaired) electrons. The van der Waals surface area contributed by atoms with Crippen LogP contribution in [0, 0.1) is 18.6 Å². The third-order valence-electron chi connectivity index (χ3n) is 2.41. The molecule has 0 atom stereocenters. The number of halogens is 2. The first-order valence-corrected chi connectivity index (χ1v) is 7.18. The molecular formula is C11H16F2N2O2S. The number of sulfonamides is 1. The van der Waals surface area contributed by atoms with E-state index in [1.807, 2.05) is 4.72 Å². The minimum atomic E-state index is -3.75. The Morgan fingerprint density at radius 2 is 1.94 bits per heavy atom. The smallest absolute Gasteiger partial charge is 0.232 e. The molecule has 0 aliphatic rings. The molecule has 0 saturated heterocycles. The van der Waals surface area contributed by atoms with Gasteiger partial charge in [0.1, 0.15) is 11.5 Å². The van der Waals surface area contributed by atoms with E-state index in [0.29, 0.717) is 19.4 Å². The van der Waals surface area contributed by atoms with Crippen molar-refractivity contribution in [1.82, 2.24) is 0 Å². The fraction of sp³-hybridized carbons (Fsp3) is 0.455. The Morgan fingerprint density at radius 3 is 2.56 bits per heavy atom. The zero-order chi connectivity index (χ0) is 13.8. The molecule has 0 bridgehead atoms. The van der Waals surface area contributed by atoms with Gasteiger partial charge < -0.3 is 5.73 Å². The van der Waals surface area contributed by atoms with Crippen LogP contribution in [0.1, 0.15) is 18.4 Å². The number of anilines is 1. The van der Waals surface area contributed by atoms with E-state index < -0.39 is 27.3 Å². The molecule has 1 aromatic rings. The summed E-state index contributed by atoms with van der Waals surface area (Å²) in [6, 6.07) is 2.27. The molecule has 0 fully saturated rings. The molecule has 0 aliphatic carbocycles. The summed E-state index contributed by atoms with van der Waals surface area (Å²) in [6.07, 6.45) is 0.889. The number of hydrogen-bond donors (Lipinski definition) is 2.